The lowest BCUT2D eigenvalue weighted by atomic mass is 10.0. The van der Waals surface area contributed by atoms with Crippen LogP contribution < -0.4 is 0 Å². The van der Waals surface area contributed by atoms with Crippen molar-refractivity contribution in [1.29, 1.82) is 0 Å². The molecule has 0 radical (unpaired) electrons. The maximum absolute atomic E-state index is 11.1. The SMILES string of the molecule is C/C(=N\OCc1c(C)cccc1[N+](=O)[O-])c1cccc2c1CCC2. The lowest BCUT2D eigenvalue weighted by Crippen LogP contribution is -2.03. The molecule has 0 aliphatic heterocycles. The molecule has 0 spiro atoms. The van der Waals surface area contributed by atoms with E-state index >= 15 is 0 Å². The van der Waals surface area contributed by atoms with E-state index in [4.69, 9.17) is 4.84 Å². The van der Waals surface area contributed by atoms with Crippen molar-refractivity contribution >= 4 is 11.4 Å². The smallest absolute Gasteiger partial charge is 0.276 e. The number of benzene rings is 2. The van der Waals surface area contributed by atoms with Crippen molar-refractivity contribution < 1.29 is 9.76 Å². The van der Waals surface area contributed by atoms with Gasteiger partial charge in [-0.2, -0.15) is 0 Å². The van der Waals surface area contributed by atoms with Gasteiger partial charge in [0.05, 0.1) is 16.2 Å². The van der Waals surface area contributed by atoms with Crippen LogP contribution in [0.1, 0.15) is 41.2 Å². The van der Waals surface area contributed by atoms with Crippen LogP contribution in [0.25, 0.3) is 0 Å². The summed E-state index contributed by atoms with van der Waals surface area (Å²) in [6.45, 7) is 3.85. The van der Waals surface area contributed by atoms with Gasteiger partial charge in [-0.1, -0.05) is 35.5 Å². The molecule has 0 fully saturated rings. The molecule has 0 amide bonds. The molecule has 124 valence electrons. The Morgan fingerprint density at radius 3 is 2.83 bits per heavy atom. The van der Waals surface area contributed by atoms with Gasteiger partial charge >= 0.3 is 0 Å². The molecule has 5 heteroatoms. The van der Waals surface area contributed by atoms with Gasteiger partial charge in [-0.15, -0.1) is 0 Å². The van der Waals surface area contributed by atoms with Crippen LogP contribution in [0.4, 0.5) is 5.69 Å². The summed E-state index contributed by atoms with van der Waals surface area (Å²) in [5.41, 5.74) is 6.13. The van der Waals surface area contributed by atoms with Crippen LogP contribution >= 0.6 is 0 Å². The van der Waals surface area contributed by atoms with E-state index in [9.17, 15) is 10.1 Å². The van der Waals surface area contributed by atoms with Crippen LogP contribution in [0.3, 0.4) is 0 Å². The average molecular weight is 324 g/mol. The molecule has 0 saturated heterocycles. The number of aryl methyl sites for hydroxylation is 2. The van der Waals surface area contributed by atoms with Crippen molar-refractivity contribution in [2.75, 3.05) is 0 Å². The first-order valence-corrected chi connectivity index (χ1v) is 8.08. The lowest BCUT2D eigenvalue weighted by Gasteiger charge is -2.09. The predicted molar refractivity (Wildman–Crippen MR) is 93.3 cm³/mol. The monoisotopic (exact) mass is 324 g/mol. The molecule has 0 heterocycles. The third-order valence-electron chi connectivity index (χ3n) is 4.53. The summed E-state index contributed by atoms with van der Waals surface area (Å²) in [6.07, 6.45) is 3.37. The number of nitro benzene ring substituents is 1. The van der Waals surface area contributed by atoms with Crippen molar-refractivity contribution in [1.82, 2.24) is 0 Å². The van der Waals surface area contributed by atoms with Crippen molar-refractivity contribution in [3.8, 4) is 0 Å². The van der Waals surface area contributed by atoms with Gasteiger partial charge in [0.1, 0.15) is 6.61 Å². The number of oxime groups is 1. The van der Waals surface area contributed by atoms with Crippen molar-refractivity contribution in [2.45, 2.75) is 39.7 Å². The third kappa shape index (κ3) is 3.15. The molecule has 0 atom stereocenters. The van der Waals surface area contributed by atoms with Gasteiger partial charge in [-0.25, -0.2) is 0 Å². The zero-order valence-corrected chi connectivity index (χ0v) is 13.9. The minimum absolute atomic E-state index is 0.0726. The topological polar surface area (TPSA) is 64.7 Å². The van der Waals surface area contributed by atoms with E-state index < -0.39 is 0 Å². The Morgan fingerprint density at radius 2 is 2.04 bits per heavy atom. The zero-order valence-electron chi connectivity index (χ0n) is 13.9. The van der Waals surface area contributed by atoms with Gasteiger partial charge in [0.2, 0.25) is 0 Å². The third-order valence-corrected chi connectivity index (χ3v) is 4.53. The Morgan fingerprint density at radius 1 is 1.25 bits per heavy atom. The molecule has 0 aromatic heterocycles. The minimum atomic E-state index is -0.383. The van der Waals surface area contributed by atoms with Crippen molar-refractivity contribution in [3.63, 3.8) is 0 Å². The summed E-state index contributed by atoms with van der Waals surface area (Å²) < 4.78 is 0. The van der Waals surface area contributed by atoms with Gasteiger partial charge in [-0.3, -0.25) is 10.1 Å². The van der Waals surface area contributed by atoms with E-state index in [0.29, 0.717) is 5.56 Å². The largest absolute Gasteiger partial charge is 0.390 e. The number of nitrogens with zero attached hydrogens (tertiary/aromatic N) is 2. The van der Waals surface area contributed by atoms with E-state index in [2.05, 4.69) is 17.3 Å². The molecule has 1 aliphatic rings. The molecule has 0 N–H and O–H groups in total. The normalized spacial score (nSPS) is 13.7. The zero-order chi connectivity index (χ0) is 17.1. The van der Waals surface area contributed by atoms with E-state index in [1.807, 2.05) is 26.0 Å². The van der Waals surface area contributed by atoms with Gasteiger partial charge in [-0.05, 0) is 49.8 Å². The summed E-state index contributed by atoms with van der Waals surface area (Å²) in [4.78, 5) is 16.2. The molecule has 2 aromatic rings. The molecule has 0 saturated carbocycles. The highest BCUT2D eigenvalue weighted by Gasteiger charge is 2.17. The Bertz CT molecular complexity index is 812. The molecule has 24 heavy (non-hydrogen) atoms. The quantitative estimate of drug-likeness (QED) is 0.467. The molecule has 2 aromatic carbocycles. The van der Waals surface area contributed by atoms with Crippen molar-refractivity contribution in [2.24, 2.45) is 5.16 Å². The summed E-state index contributed by atoms with van der Waals surface area (Å²) in [6, 6.07) is 11.3. The lowest BCUT2D eigenvalue weighted by molar-refractivity contribution is -0.386. The van der Waals surface area contributed by atoms with E-state index in [0.717, 1.165) is 29.7 Å². The van der Waals surface area contributed by atoms with Crippen molar-refractivity contribution in [3.05, 3.63) is 74.3 Å². The fourth-order valence-electron chi connectivity index (χ4n) is 3.25. The number of hydrogen-bond acceptors (Lipinski definition) is 4. The van der Waals surface area contributed by atoms with Crippen LogP contribution in [-0.2, 0) is 24.3 Å². The maximum Gasteiger partial charge on any atom is 0.276 e. The Kier molecular flexibility index (Phi) is 4.60. The van der Waals surface area contributed by atoms with Gasteiger partial charge < -0.3 is 4.84 Å². The molecule has 0 bridgehead atoms. The number of hydrogen-bond donors (Lipinski definition) is 0. The molecular weight excluding hydrogens is 304 g/mol. The first-order valence-electron chi connectivity index (χ1n) is 8.08. The fourth-order valence-corrected chi connectivity index (χ4v) is 3.25. The van der Waals surface area contributed by atoms with E-state index in [1.165, 1.54) is 23.6 Å². The first-order chi connectivity index (χ1) is 11.6. The molecular formula is C19H20N2O3. The summed E-state index contributed by atoms with van der Waals surface area (Å²) in [5, 5.41) is 15.3. The van der Waals surface area contributed by atoms with Crippen LogP contribution in [0.5, 0.6) is 0 Å². The summed E-state index contributed by atoms with van der Waals surface area (Å²) in [5.74, 6) is 0. The second-order valence-corrected chi connectivity index (χ2v) is 6.08. The van der Waals surface area contributed by atoms with Crippen LogP contribution in [0.2, 0.25) is 0 Å². The highest BCUT2D eigenvalue weighted by molar-refractivity contribution is 6.00. The van der Waals surface area contributed by atoms with Gasteiger partial charge in [0, 0.05) is 11.6 Å². The average Bonchev–Trinajstić information content (AvgIpc) is 3.04. The Labute approximate surface area is 141 Å². The van der Waals surface area contributed by atoms with Crippen LogP contribution in [-0.4, -0.2) is 10.6 Å². The second kappa shape index (κ2) is 6.83. The second-order valence-electron chi connectivity index (χ2n) is 6.08. The highest BCUT2D eigenvalue weighted by atomic mass is 16.6. The van der Waals surface area contributed by atoms with Gasteiger partial charge in [0.25, 0.3) is 5.69 Å². The van der Waals surface area contributed by atoms with E-state index in [1.54, 1.807) is 6.07 Å². The molecule has 3 rings (SSSR count). The summed E-state index contributed by atoms with van der Waals surface area (Å²) in [7, 11) is 0. The van der Waals surface area contributed by atoms with Crippen LogP contribution in [0, 0.1) is 17.0 Å². The summed E-state index contributed by atoms with van der Waals surface area (Å²) >= 11 is 0. The maximum atomic E-state index is 11.1. The molecule has 1 aliphatic carbocycles. The fraction of sp³-hybridized carbons (Fsp3) is 0.316. The number of fused-ring (bicyclic) bond motifs is 1. The number of nitro groups is 1. The van der Waals surface area contributed by atoms with Gasteiger partial charge in [0.15, 0.2) is 0 Å². The van der Waals surface area contributed by atoms with E-state index in [-0.39, 0.29) is 17.2 Å². The highest BCUT2D eigenvalue weighted by Crippen LogP contribution is 2.26. The number of rotatable bonds is 5. The Balaban J connectivity index is 1.78. The van der Waals surface area contributed by atoms with Crippen LogP contribution in [0.15, 0.2) is 41.6 Å². The standard InChI is InChI=1S/C19H20N2O3/c1-13-6-3-11-19(21(22)23)18(13)12-24-20-14(2)16-9-4-7-15-8-5-10-17(15)16/h3-4,6-7,9,11H,5,8,10,12H2,1-2H3/b20-14+. The molecule has 0 unspecified atom stereocenters. The minimum Gasteiger partial charge on any atom is -0.390 e. The first kappa shape index (κ1) is 16.2. The Hall–Kier alpha value is -2.69. The predicted octanol–water partition coefficient (Wildman–Crippen LogP) is 4.33. The molecule has 5 nitrogen and oxygen atoms in total.